The maximum atomic E-state index is 6.24. The highest BCUT2D eigenvalue weighted by molar-refractivity contribution is 6.18. The molecule has 18 heavy (non-hydrogen) atoms. The van der Waals surface area contributed by atoms with E-state index in [0.717, 1.165) is 18.2 Å². The van der Waals surface area contributed by atoms with Gasteiger partial charge in [-0.2, -0.15) is 0 Å². The van der Waals surface area contributed by atoms with E-state index in [1.165, 1.54) is 29.2 Å². The SMILES string of the molecule is CC(CCl)(Cc1cccc2ccccc12)C1CC1. The molecule has 1 fully saturated rings. The molecule has 0 N–H and O–H groups in total. The van der Waals surface area contributed by atoms with Crippen LogP contribution in [0.15, 0.2) is 42.5 Å². The lowest BCUT2D eigenvalue weighted by molar-refractivity contribution is 0.314. The molecule has 2 aromatic carbocycles. The van der Waals surface area contributed by atoms with Gasteiger partial charge in [0.05, 0.1) is 0 Å². The Morgan fingerprint density at radius 2 is 1.83 bits per heavy atom. The first-order valence-corrected chi connectivity index (χ1v) is 7.29. The number of halogens is 1. The van der Waals surface area contributed by atoms with Crippen molar-refractivity contribution in [3.8, 4) is 0 Å². The summed E-state index contributed by atoms with van der Waals surface area (Å²) in [4.78, 5) is 0. The van der Waals surface area contributed by atoms with Crippen molar-refractivity contribution in [1.82, 2.24) is 0 Å². The highest BCUT2D eigenvalue weighted by Crippen LogP contribution is 2.48. The molecule has 1 atom stereocenters. The van der Waals surface area contributed by atoms with Crippen LogP contribution < -0.4 is 0 Å². The number of fused-ring (bicyclic) bond motifs is 1. The second kappa shape index (κ2) is 4.59. The minimum absolute atomic E-state index is 0.270. The minimum atomic E-state index is 0.270. The van der Waals surface area contributed by atoms with Gasteiger partial charge in [-0.25, -0.2) is 0 Å². The van der Waals surface area contributed by atoms with Crippen molar-refractivity contribution in [3.05, 3.63) is 48.0 Å². The Hall–Kier alpha value is -1.01. The summed E-state index contributed by atoms with van der Waals surface area (Å²) in [7, 11) is 0. The van der Waals surface area contributed by atoms with Crippen LogP contribution in [0.5, 0.6) is 0 Å². The Kier molecular flexibility index (Phi) is 3.07. The Labute approximate surface area is 114 Å². The smallest absolute Gasteiger partial charge is 0.0283 e. The summed E-state index contributed by atoms with van der Waals surface area (Å²) in [6.07, 6.45) is 3.81. The minimum Gasteiger partial charge on any atom is -0.126 e. The molecule has 0 aliphatic heterocycles. The Balaban J connectivity index is 1.99. The van der Waals surface area contributed by atoms with Crippen LogP contribution in [-0.4, -0.2) is 5.88 Å². The zero-order chi connectivity index (χ0) is 12.6. The Morgan fingerprint density at radius 3 is 2.56 bits per heavy atom. The van der Waals surface area contributed by atoms with E-state index in [0.29, 0.717) is 0 Å². The van der Waals surface area contributed by atoms with E-state index < -0.39 is 0 Å². The second-order valence-corrected chi connectivity index (χ2v) is 6.14. The van der Waals surface area contributed by atoms with E-state index in [-0.39, 0.29) is 5.41 Å². The van der Waals surface area contributed by atoms with Crippen LogP contribution >= 0.6 is 11.6 Å². The third-order valence-corrected chi connectivity index (χ3v) is 4.95. The molecule has 1 saturated carbocycles. The van der Waals surface area contributed by atoms with Gasteiger partial charge < -0.3 is 0 Å². The summed E-state index contributed by atoms with van der Waals surface area (Å²) in [6, 6.07) is 15.3. The number of benzene rings is 2. The van der Waals surface area contributed by atoms with Crippen LogP contribution in [0.3, 0.4) is 0 Å². The summed E-state index contributed by atoms with van der Waals surface area (Å²) in [5, 5.41) is 2.72. The molecule has 0 spiro atoms. The number of hydrogen-bond acceptors (Lipinski definition) is 0. The number of alkyl halides is 1. The van der Waals surface area contributed by atoms with E-state index >= 15 is 0 Å². The van der Waals surface area contributed by atoms with E-state index in [4.69, 9.17) is 11.6 Å². The maximum Gasteiger partial charge on any atom is 0.0283 e. The van der Waals surface area contributed by atoms with Crippen LogP contribution in [0.2, 0.25) is 0 Å². The average Bonchev–Trinajstić information content (AvgIpc) is 3.24. The van der Waals surface area contributed by atoms with Gasteiger partial charge in [0.25, 0.3) is 0 Å². The topological polar surface area (TPSA) is 0 Å². The van der Waals surface area contributed by atoms with Gasteiger partial charge in [-0.3, -0.25) is 0 Å². The summed E-state index contributed by atoms with van der Waals surface area (Å²) in [6.45, 7) is 2.35. The second-order valence-electron chi connectivity index (χ2n) is 5.88. The van der Waals surface area contributed by atoms with Gasteiger partial charge in [0.1, 0.15) is 0 Å². The van der Waals surface area contributed by atoms with E-state index in [2.05, 4.69) is 49.4 Å². The van der Waals surface area contributed by atoms with Gasteiger partial charge in [0, 0.05) is 5.88 Å². The fourth-order valence-corrected chi connectivity index (χ4v) is 3.28. The predicted octanol–water partition coefficient (Wildman–Crippen LogP) is 5.04. The summed E-state index contributed by atoms with van der Waals surface area (Å²) < 4.78 is 0. The number of rotatable bonds is 4. The van der Waals surface area contributed by atoms with Crippen LogP contribution in [0.25, 0.3) is 10.8 Å². The van der Waals surface area contributed by atoms with Crippen molar-refractivity contribution >= 4 is 22.4 Å². The van der Waals surface area contributed by atoms with Crippen molar-refractivity contribution in [2.75, 3.05) is 5.88 Å². The Bertz CT molecular complexity index is 551. The third-order valence-electron chi connectivity index (χ3n) is 4.34. The molecule has 0 saturated heterocycles. The highest BCUT2D eigenvalue weighted by atomic mass is 35.5. The molecule has 0 radical (unpaired) electrons. The largest absolute Gasteiger partial charge is 0.126 e. The molecule has 0 bridgehead atoms. The molecule has 1 aliphatic rings. The first kappa shape index (κ1) is 12.0. The van der Waals surface area contributed by atoms with Crippen LogP contribution in [-0.2, 0) is 6.42 Å². The van der Waals surface area contributed by atoms with Gasteiger partial charge >= 0.3 is 0 Å². The predicted molar refractivity (Wildman–Crippen MR) is 79.2 cm³/mol. The van der Waals surface area contributed by atoms with Crippen molar-refractivity contribution < 1.29 is 0 Å². The molecular weight excluding hydrogens is 240 g/mol. The van der Waals surface area contributed by atoms with Crippen molar-refractivity contribution in [2.45, 2.75) is 26.2 Å². The standard InChI is InChI=1S/C17H19Cl/c1-17(12-18,15-9-10-15)11-14-7-4-6-13-5-2-3-8-16(13)14/h2-8,15H,9-12H2,1H3. The lowest BCUT2D eigenvalue weighted by atomic mass is 9.80. The first-order valence-electron chi connectivity index (χ1n) is 6.75. The lowest BCUT2D eigenvalue weighted by Crippen LogP contribution is -2.24. The van der Waals surface area contributed by atoms with Crippen LogP contribution in [0.4, 0.5) is 0 Å². The zero-order valence-electron chi connectivity index (χ0n) is 10.8. The summed E-state index contributed by atoms with van der Waals surface area (Å²) in [5.41, 5.74) is 1.72. The fourth-order valence-electron chi connectivity index (χ4n) is 2.96. The van der Waals surface area contributed by atoms with Crippen LogP contribution in [0.1, 0.15) is 25.3 Å². The van der Waals surface area contributed by atoms with Crippen molar-refractivity contribution in [1.29, 1.82) is 0 Å². The fraction of sp³-hybridized carbons (Fsp3) is 0.412. The van der Waals surface area contributed by atoms with Gasteiger partial charge in [0.2, 0.25) is 0 Å². The molecule has 0 nitrogen and oxygen atoms in total. The lowest BCUT2D eigenvalue weighted by Gasteiger charge is -2.27. The molecule has 0 amide bonds. The molecule has 94 valence electrons. The summed E-state index contributed by atoms with van der Waals surface area (Å²) in [5.74, 6) is 1.59. The molecule has 0 heterocycles. The molecule has 1 heteroatoms. The molecule has 1 unspecified atom stereocenters. The quantitative estimate of drug-likeness (QED) is 0.674. The van der Waals surface area contributed by atoms with Crippen LogP contribution in [0, 0.1) is 11.3 Å². The van der Waals surface area contributed by atoms with Crippen molar-refractivity contribution in [2.24, 2.45) is 11.3 Å². The van der Waals surface area contributed by atoms with Crippen molar-refractivity contribution in [3.63, 3.8) is 0 Å². The van der Waals surface area contributed by atoms with E-state index in [9.17, 15) is 0 Å². The average molecular weight is 259 g/mol. The van der Waals surface area contributed by atoms with E-state index in [1.807, 2.05) is 0 Å². The molecule has 0 aromatic heterocycles. The van der Waals surface area contributed by atoms with E-state index in [1.54, 1.807) is 0 Å². The first-order chi connectivity index (χ1) is 8.73. The molecular formula is C17H19Cl. The van der Waals surface area contributed by atoms with Gasteiger partial charge in [-0.05, 0) is 46.9 Å². The maximum absolute atomic E-state index is 6.24. The van der Waals surface area contributed by atoms with Gasteiger partial charge in [0.15, 0.2) is 0 Å². The third kappa shape index (κ3) is 2.14. The molecule has 3 rings (SSSR count). The normalized spacial score (nSPS) is 18.8. The molecule has 1 aliphatic carbocycles. The molecule has 2 aromatic rings. The zero-order valence-corrected chi connectivity index (χ0v) is 11.6. The highest BCUT2D eigenvalue weighted by Gasteiger charge is 2.40. The van der Waals surface area contributed by atoms with Gasteiger partial charge in [-0.1, -0.05) is 49.4 Å². The monoisotopic (exact) mass is 258 g/mol. The van der Waals surface area contributed by atoms with Gasteiger partial charge in [-0.15, -0.1) is 11.6 Å². The Morgan fingerprint density at radius 1 is 1.11 bits per heavy atom. The summed E-state index contributed by atoms with van der Waals surface area (Å²) >= 11 is 6.24. The number of hydrogen-bond donors (Lipinski definition) is 0.